The minimum Gasteiger partial charge on any atom is -0.478 e. The lowest BCUT2D eigenvalue weighted by Crippen LogP contribution is -2.45. The van der Waals surface area contributed by atoms with Gasteiger partial charge in [-0.3, -0.25) is 4.90 Å². The van der Waals surface area contributed by atoms with Gasteiger partial charge < -0.3 is 16.2 Å². The van der Waals surface area contributed by atoms with Gasteiger partial charge in [0.1, 0.15) is 0 Å². The zero-order valence-electron chi connectivity index (χ0n) is 11.7. The summed E-state index contributed by atoms with van der Waals surface area (Å²) in [6.07, 6.45) is 2.68. The van der Waals surface area contributed by atoms with E-state index in [2.05, 4.69) is 10.2 Å². The second-order valence-electron chi connectivity index (χ2n) is 4.46. The normalized spacial score (nSPS) is 15.7. The Bertz CT molecular complexity index is 398. The summed E-state index contributed by atoms with van der Waals surface area (Å²) in [7, 11) is 0. The van der Waals surface area contributed by atoms with E-state index in [1.807, 2.05) is 30.3 Å². The van der Waals surface area contributed by atoms with Crippen molar-refractivity contribution < 1.29 is 9.90 Å². The number of aliphatic carboxylic acids is 1. The summed E-state index contributed by atoms with van der Waals surface area (Å²) in [5, 5.41) is 11.6. The Balaban J connectivity index is 0.000000204. The molecule has 1 aliphatic rings. The highest BCUT2D eigenvalue weighted by Gasteiger charge is 2.06. The molecule has 1 fully saturated rings. The summed E-state index contributed by atoms with van der Waals surface area (Å²) < 4.78 is 0. The number of nitrogens with one attached hydrogen (secondary N) is 1. The predicted octanol–water partition coefficient (Wildman–Crippen LogP) is 0.635. The Labute approximate surface area is 120 Å². The lowest BCUT2D eigenvalue weighted by molar-refractivity contribution is -0.131. The first kappa shape index (κ1) is 16.4. The second kappa shape index (κ2) is 10.1. The van der Waals surface area contributed by atoms with Gasteiger partial charge in [0.05, 0.1) is 0 Å². The lowest BCUT2D eigenvalue weighted by atomic mass is 10.2. The predicted molar refractivity (Wildman–Crippen MR) is 81.5 cm³/mol. The molecule has 1 heterocycles. The maximum atomic E-state index is 10.1. The molecule has 0 spiro atoms. The molecule has 5 nitrogen and oxygen atoms in total. The summed E-state index contributed by atoms with van der Waals surface area (Å²) in [6, 6.07) is 9.31. The van der Waals surface area contributed by atoms with E-state index in [0.29, 0.717) is 0 Å². The van der Waals surface area contributed by atoms with Crippen LogP contribution >= 0.6 is 0 Å². The van der Waals surface area contributed by atoms with Gasteiger partial charge in [-0.25, -0.2) is 4.79 Å². The number of piperazine rings is 1. The molecule has 0 aromatic heterocycles. The standard InChI is InChI=1S/C9H8O2.C6H15N3/c10-9(11)7-6-8-4-2-1-3-5-8;7-1-4-9-5-2-8-3-6-9/h1-7H,(H,10,11);8H,1-7H2/b7-6+;. The monoisotopic (exact) mass is 277 g/mol. The Hall–Kier alpha value is -1.69. The molecule has 0 amide bonds. The molecule has 1 aromatic rings. The summed E-state index contributed by atoms with van der Waals surface area (Å²) in [4.78, 5) is 12.5. The molecule has 0 atom stereocenters. The van der Waals surface area contributed by atoms with Crippen LogP contribution in [0.15, 0.2) is 36.4 Å². The van der Waals surface area contributed by atoms with Gasteiger partial charge in [0.2, 0.25) is 0 Å². The van der Waals surface area contributed by atoms with Crippen LogP contribution in [0.2, 0.25) is 0 Å². The number of rotatable bonds is 4. The van der Waals surface area contributed by atoms with E-state index >= 15 is 0 Å². The van der Waals surface area contributed by atoms with Gasteiger partial charge >= 0.3 is 5.97 Å². The first-order valence-corrected chi connectivity index (χ1v) is 6.81. The van der Waals surface area contributed by atoms with Crippen LogP contribution in [0.3, 0.4) is 0 Å². The molecule has 20 heavy (non-hydrogen) atoms. The van der Waals surface area contributed by atoms with Crippen LogP contribution in [0.4, 0.5) is 0 Å². The van der Waals surface area contributed by atoms with Crippen molar-refractivity contribution in [3.63, 3.8) is 0 Å². The lowest BCUT2D eigenvalue weighted by Gasteiger charge is -2.26. The topological polar surface area (TPSA) is 78.6 Å². The Morgan fingerprint density at radius 1 is 1.30 bits per heavy atom. The number of nitrogens with two attached hydrogens (primary N) is 1. The molecular weight excluding hydrogens is 254 g/mol. The molecule has 0 unspecified atom stereocenters. The second-order valence-corrected chi connectivity index (χ2v) is 4.46. The SMILES string of the molecule is NCCN1CCNCC1.O=C(O)/C=C/c1ccccc1. The van der Waals surface area contributed by atoms with Gasteiger partial charge in [-0.15, -0.1) is 0 Å². The Morgan fingerprint density at radius 3 is 2.50 bits per heavy atom. The van der Waals surface area contributed by atoms with E-state index in [-0.39, 0.29) is 0 Å². The summed E-state index contributed by atoms with van der Waals surface area (Å²) in [6.45, 7) is 6.43. The number of carboxylic acids is 1. The fraction of sp³-hybridized carbons (Fsp3) is 0.400. The molecule has 0 saturated carbocycles. The van der Waals surface area contributed by atoms with Gasteiger partial charge in [0.15, 0.2) is 0 Å². The third kappa shape index (κ3) is 7.68. The van der Waals surface area contributed by atoms with Crippen LogP contribution in [0.5, 0.6) is 0 Å². The molecule has 0 aliphatic carbocycles. The molecule has 1 saturated heterocycles. The minimum atomic E-state index is -0.922. The zero-order chi connectivity index (χ0) is 14.6. The van der Waals surface area contributed by atoms with E-state index in [1.54, 1.807) is 6.08 Å². The smallest absolute Gasteiger partial charge is 0.328 e. The van der Waals surface area contributed by atoms with Crippen LogP contribution in [0.25, 0.3) is 6.08 Å². The highest BCUT2D eigenvalue weighted by Crippen LogP contribution is 1.99. The number of carboxylic acid groups (broad SMARTS) is 1. The highest BCUT2D eigenvalue weighted by molar-refractivity contribution is 5.85. The van der Waals surface area contributed by atoms with Crippen molar-refractivity contribution in [3.05, 3.63) is 42.0 Å². The van der Waals surface area contributed by atoms with Gasteiger partial charge in [-0.1, -0.05) is 30.3 Å². The van der Waals surface area contributed by atoms with E-state index < -0.39 is 5.97 Å². The molecule has 4 N–H and O–H groups in total. The van der Waals surface area contributed by atoms with Crippen LogP contribution in [0, 0.1) is 0 Å². The number of hydrogen-bond acceptors (Lipinski definition) is 4. The number of carbonyl (C=O) groups is 1. The molecular formula is C15H23N3O2. The average molecular weight is 277 g/mol. The molecule has 1 aliphatic heterocycles. The molecule has 1 aromatic carbocycles. The Kier molecular flexibility index (Phi) is 8.30. The van der Waals surface area contributed by atoms with Crippen LogP contribution in [-0.2, 0) is 4.79 Å². The maximum Gasteiger partial charge on any atom is 0.328 e. The van der Waals surface area contributed by atoms with Crippen molar-refractivity contribution >= 4 is 12.0 Å². The van der Waals surface area contributed by atoms with Crippen molar-refractivity contribution in [2.45, 2.75) is 0 Å². The largest absolute Gasteiger partial charge is 0.478 e. The van der Waals surface area contributed by atoms with Gasteiger partial charge in [-0.2, -0.15) is 0 Å². The highest BCUT2D eigenvalue weighted by atomic mass is 16.4. The van der Waals surface area contributed by atoms with E-state index in [1.165, 1.54) is 0 Å². The van der Waals surface area contributed by atoms with E-state index in [9.17, 15) is 4.79 Å². The Morgan fingerprint density at radius 2 is 1.95 bits per heavy atom. The van der Waals surface area contributed by atoms with Crippen molar-refractivity contribution in [1.29, 1.82) is 0 Å². The van der Waals surface area contributed by atoms with Gasteiger partial charge in [-0.05, 0) is 11.6 Å². The first-order chi connectivity index (χ1) is 9.72. The molecule has 5 heteroatoms. The maximum absolute atomic E-state index is 10.1. The summed E-state index contributed by atoms with van der Waals surface area (Å²) in [5.41, 5.74) is 6.30. The van der Waals surface area contributed by atoms with Crippen molar-refractivity contribution in [1.82, 2.24) is 10.2 Å². The molecule has 2 rings (SSSR count). The number of hydrogen-bond donors (Lipinski definition) is 3. The number of benzene rings is 1. The van der Waals surface area contributed by atoms with Crippen molar-refractivity contribution in [2.24, 2.45) is 5.73 Å². The van der Waals surface area contributed by atoms with E-state index in [4.69, 9.17) is 10.8 Å². The fourth-order valence-electron chi connectivity index (χ4n) is 1.85. The van der Waals surface area contributed by atoms with Gasteiger partial charge in [0, 0.05) is 45.3 Å². The van der Waals surface area contributed by atoms with Gasteiger partial charge in [0.25, 0.3) is 0 Å². The third-order valence-electron chi connectivity index (χ3n) is 2.87. The zero-order valence-corrected chi connectivity index (χ0v) is 11.7. The minimum absolute atomic E-state index is 0.792. The van der Waals surface area contributed by atoms with Crippen LogP contribution < -0.4 is 11.1 Å². The number of nitrogens with zero attached hydrogens (tertiary/aromatic N) is 1. The molecule has 0 radical (unpaired) electrons. The van der Waals surface area contributed by atoms with Crippen molar-refractivity contribution in [3.8, 4) is 0 Å². The molecule has 110 valence electrons. The first-order valence-electron chi connectivity index (χ1n) is 6.81. The van der Waals surface area contributed by atoms with Crippen LogP contribution in [0.1, 0.15) is 5.56 Å². The third-order valence-corrected chi connectivity index (χ3v) is 2.87. The van der Waals surface area contributed by atoms with Crippen LogP contribution in [-0.4, -0.2) is 55.2 Å². The summed E-state index contributed by atoms with van der Waals surface area (Å²) in [5.74, 6) is -0.922. The average Bonchev–Trinajstić information content (AvgIpc) is 2.48. The molecule has 0 bridgehead atoms. The fourth-order valence-corrected chi connectivity index (χ4v) is 1.85. The van der Waals surface area contributed by atoms with Crippen molar-refractivity contribution in [2.75, 3.05) is 39.3 Å². The quantitative estimate of drug-likeness (QED) is 0.704. The van der Waals surface area contributed by atoms with E-state index in [0.717, 1.165) is 50.9 Å². The summed E-state index contributed by atoms with van der Waals surface area (Å²) >= 11 is 0.